The lowest BCUT2D eigenvalue weighted by atomic mass is 10.2. The Kier molecular flexibility index (Phi) is 7.24. The van der Waals surface area contributed by atoms with Crippen LogP contribution in [-0.2, 0) is 4.74 Å². The zero-order valence-corrected chi connectivity index (χ0v) is 11.1. The average Bonchev–Trinajstić information content (AvgIpc) is 2.39. The van der Waals surface area contributed by atoms with Crippen LogP contribution in [0, 0.1) is 17.7 Å². The number of rotatable bonds is 6. The predicted octanol–water partition coefficient (Wildman–Crippen LogP) is 3.22. The Morgan fingerprint density at radius 2 is 2.11 bits per heavy atom. The molecule has 0 radical (unpaired) electrons. The summed E-state index contributed by atoms with van der Waals surface area (Å²) in [6.07, 6.45) is 0.956. The molecule has 0 bridgehead atoms. The van der Waals surface area contributed by atoms with Gasteiger partial charge in [-0.3, -0.25) is 0 Å². The molecule has 2 nitrogen and oxygen atoms in total. The van der Waals surface area contributed by atoms with E-state index in [9.17, 15) is 4.39 Å². The van der Waals surface area contributed by atoms with Crippen molar-refractivity contribution in [2.45, 2.75) is 13.3 Å². The van der Waals surface area contributed by atoms with Crippen molar-refractivity contribution in [2.24, 2.45) is 0 Å². The first-order valence-electron chi connectivity index (χ1n) is 5.83. The molecule has 18 heavy (non-hydrogen) atoms. The van der Waals surface area contributed by atoms with Crippen LogP contribution in [0.25, 0.3) is 0 Å². The maximum absolute atomic E-state index is 13.4. The number of ether oxygens (including phenoxy) is 2. The lowest BCUT2D eigenvalue weighted by Crippen LogP contribution is -2.08. The second-order valence-electron chi connectivity index (χ2n) is 3.54. The van der Waals surface area contributed by atoms with Gasteiger partial charge in [0, 0.05) is 12.2 Å². The minimum atomic E-state index is -0.401. The molecule has 0 aliphatic heterocycles. The number of halogens is 2. The van der Waals surface area contributed by atoms with E-state index in [4.69, 9.17) is 21.1 Å². The van der Waals surface area contributed by atoms with Gasteiger partial charge in [-0.15, -0.1) is 11.6 Å². The smallest absolute Gasteiger partial charge is 0.165 e. The second kappa shape index (κ2) is 8.79. The molecule has 0 unspecified atom stereocenters. The van der Waals surface area contributed by atoms with Gasteiger partial charge >= 0.3 is 0 Å². The Morgan fingerprint density at radius 3 is 2.83 bits per heavy atom. The lowest BCUT2D eigenvalue weighted by Gasteiger charge is -2.07. The summed E-state index contributed by atoms with van der Waals surface area (Å²) in [6, 6.07) is 4.49. The van der Waals surface area contributed by atoms with Gasteiger partial charge in [0.25, 0.3) is 0 Å². The van der Waals surface area contributed by atoms with Crippen molar-refractivity contribution in [3.05, 3.63) is 29.6 Å². The minimum Gasteiger partial charge on any atom is -0.488 e. The number of hydrogen-bond acceptors (Lipinski definition) is 2. The lowest BCUT2D eigenvalue weighted by molar-refractivity contribution is 0.0992. The summed E-state index contributed by atoms with van der Waals surface area (Å²) in [5.74, 6) is 5.56. The van der Waals surface area contributed by atoms with E-state index in [1.807, 2.05) is 6.92 Å². The van der Waals surface area contributed by atoms with Gasteiger partial charge in [-0.2, -0.15) is 0 Å². The second-order valence-corrected chi connectivity index (χ2v) is 3.81. The van der Waals surface area contributed by atoms with Crippen LogP contribution >= 0.6 is 11.6 Å². The van der Waals surface area contributed by atoms with Crippen molar-refractivity contribution in [3.63, 3.8) is 0 Å². The third kappa shape index (κ3) is 5.39. The van der Waals surface area contributed by atoms with E-state index < -0.39 is 5.82 Å². The largest absolute Gasteiger partial charge is 0.488 e. The van der Waals surface area contributed by atoms with E-state index >= 15 is 0 Å². The summed E-state index contributed by atoms with van der Waals surface area (Å²) in [5.41, 5.74) is 0.682. The normalized spacial score (nSPS) is 9.72. The molecule has 1 aromatic carbocycles. The van der Waals surface area contributed by atoms with Gasteiger partial charge in [-0.05, 0) is 24.6 Å². The molecule has 0 heterocycles. The van der Waals surface area contributed by atoms with Crippen molar-refractivity contribution in [1.82, 2.24) is 0 Å². The van der Waals surface area contributed by atoms with Gasteiger partial charge < -0.3 is 9.47 Å². The molecule has 0 saturated heterocycles. The van der Waals surface area contributed by atoms with Crippen molar-refractivity contribution < 1.29 is 13.9 Å². The quantitative estimate of drug-likeness (QED) is 0.449. The highest BCUT2D eigenvalue weighted by molar-refractivity contribution is 6.19. The highest BCUT2D eigenvalue weighted by Crippen LogP contribution is 2.18. The zero-order chi connectivity index (χ0) is 13.2. The van der Waals surface area contributed by atoms with Gasteiger partial charge in [0.15, 0.2) is 11.6 Å². The van der Waals surface area contributed by atoms with Gasteiger partial charge in [0.05, 0.1) is 12.5 Å². The Bertz CT molecular complexity index is 424. The Balaban J connectivity index is 2.53. The first kappa shape index (κ1) is 14.8. The Morgan fingerprint density at radius 1 is 1.28 bits per heavy atom. The highest BCUT2D eigenvalue weighted by atomic mass is 35.5. The monoisotopic (exact) mass is 270 g/mol. The molecule has 1 aromatic rings. The predicted molar refractivity (Wildman–Crippen MR) is 70.6 cm³/mol. The molecule has 0 aromatic heterocycles. The van der Waals surface area contributed by atoms with E-state index in [1.54, 1.807) is 12.1 Å². The molecule has 0 spiro atoms. The van der Waals surface area contributed by atoms with Crippen LogP contribution in [0.1, 0.15) is 18.9 Å². The molecule has 1 rings (SSSR count). The van der Waals surface area contributed by atoms with Gasteiger partial charge in [0.1, 0.15) is 6.61 Å². The molecular formula is C14H16ClFO2. The van der Waals surface area contributed by atoms with Crippen molar-refractivity contribution in [2.75, 3.05) is 25.7 Å². The van der Waals surface area contributed by atoms with E-state index in [2.05, 4.69) is 11.8 Å². The molecule has 0 atom stereocenters. The first-order chi connectivity index (χ1) is 8.77. The average molecular weight is 271 g/mol. The van der Waals surface area contributed by atoms with Crippen LogP contribution in [0.4, 0.5) is 4.39 Å². The van der Waals surface area contributed by atoms with Crippen LogP contribution < -0.4 is 4.74 Å². The van der Waals surface area contributed by atoms with E-state index in [1.165, 1.54) is 6.07 Å². The van der Waals surface area contributed by atoms with Crippen LogP contribution in [0.2, 0.25) is 0 Å². The molecular weight excluding hydrogens is 255 g/mol. The number of alkyl halides is 1. The highest BCUT2D eigenvalue weighted by Gasteiger charge is 2.03. The molecule has 98 valence electrons. The topological polar surface area (TPSA) is 18.5 Å². The molecule has 4 heteroatoms. The molecule has 0 N–H and O–H groups in total. The summed E-state index contributed by atoms with van der Waals surface area (Å²) in [7, 11) is 0. The molecule has 0 saturated carbocycles. The van der Waals surface area contributed by atoms with Gasteiger partial charge in [-0.1, -0.05) is 18.8 Å². The fourth-order valence-electron chi connectivity index (χ4n) is 1.28. The SMILES string of the molecule is CCCOCCOc1cc(C#CCCl)ccc1F. The van der Waals surface area contributed by atoms with Gasteiger partial charge in [-0.25, -0.2) is 4.39 Å². The Labute approximate surface area is 112 Å². The fraction of sp³-hybridized carbons (Fsp3) is 0.429. The van der Waals surface area contributed by atoms with Gasteiger partial charge in [0.2, 0.25) is 0 Å². The maximum atomic E-state index is 13.4. The number of benzene rings is 1. The summed E-state index contributed by atoms with van der Waals surface area (Å²) in [5, 5.41) is 0. The van der Waals surface area contributed by atoms with E-state index in [0.717, 1.165) is 6.42 Å². The van der Waals surface area contributed by atoms with E-state index in [0.29, 0.717) is 25.4 Å². The molecule has 0 aliphatic carbocycles. The maximum Gasteiger partial charge on any atom is 0.165 e. The minimum absolute atomic E-state index is 0.191. The van der Waals surface area contributed by atoms with Crippen LogP contribution in [0.5, 0.6) is 5.75 Å². The summed E-state index contributed by atoms with van der Waals surface area (Å²) < 4.78 is 24.0. The summed E-state index contributed by atoms with van der Waals surface area (Å²) >= 11 is 5.46. The van der Waals surface area contributed by atoms with Crippen molar-refractivity contribution in [1.29, 1.82) is 0 Å². The Hall–Kier alpha value is -1.24. The summed E-state index contributed by atoms with van der Waals surface area (Å²) in [6.45, 7) is 3.49. The summed E-state index contributed by atoms with van der Waals surface area (Å²) in [4.78, 5) is 0. The molecule has 0 amide bonds. The standard InChI is InChI=1S/C14H16ClFO2/c1-2-8-17-9-10-18-14-11-12(4-3-7-15)5-6-13(14)16/h5-6,11H,2,7-10H2,1H3. The van der Waals surface area contributed by atoms with Crippen LogP contribution in [0.15, 0.2) is 18.2 Å². The van der Waals surface area contributed by atoms with E-state index in [-0.39, 0.29) is 11.6 Å². The van der Waals surface area contributed by atoms with Crippen LogP contribution in [-0.4, -0.2) is 25.7 Å². The zero-order valence-electron chi connectivity index (χ0n) is 10.3. The third-order valence-corrected chi connectivity index (χ3v) is 2.20. The number of hydrogen-bond donors (Lipinski definition) is 0. The molecule has 0 fully saturated rings. The van der Waals surface area contributed by atoms with Crippen molar-refractivity contribution >= 4 is 11.6 Å². The van der Waals surface area contributed by atoms with Crippen LogP contribution in [0.3, 0.4) is 0 Å². The molecule has 0 aliphatic rings. The fourth-order valence-corrected chi connectivity index (χ4v) is 1.35. The first-order valence-corrected chi connectivity index (χ1v) is 6.36. The third-order valence-electron chi connectivity index (χ3n) is 2.06. The van der Waals surface area contributed by atoms with Crippen molar-refractivity contribution in [3.8, 4) is 17.6 Å².